The fourth-order valence-electron chi connectivity index (χ4n) is 3.15. The molecule has 0 aliphatic heterocycles. The van der Waals surface area contributed by atoms with Crippen LogP contribution in [0.1, 0.15) is 69.1 Å². The van der Waals surface area contributed by atoms with Gasteiger partial charge in [0.15, 0.2) is 11.8 Å². The zero-order valence-corrected chi connectivity index (χ0v) is 21.3. The Balaban J connectivity index is 3.20. The van der Waals surface area contributed by atoms with Crippen molar-refractivity contribution in [2.45, 2.75) is 65.6 Å². The van der Waals surface area contributed by atoms with E-state index in [1.54, 1.807) is 38.3 Å². The average molecular weight is 471 g/mol. The Bertz CT molecular complexity index is 767. The normalized spacial score (nSPS) is 14.9. The lowest BCUT2D eigenvalue weighted by Crippen LogP contribution is -2.51. The molecular weight excluding hydrogens is 432 g/mol. The lowest BCUT2D eigenvalue weighted by atomic mass is 9.93. The first-order valence-electron chi connectivity index (χ1n) is 11.0. The molecule has 0 aromatic carbocycles. The lowest BCUT2D eigenvalue weighted by Gasteiger charge is -2.36. The maximum absolute atomic E-state index is 13.0. The van der Waals surface area contributed by atoms with Crippen LogP contribution in [0.2, 0.25) is 0 Å². The molecule has 10 heteroatoms. The summed E-state index contributed by atoms with van der Waals surface area (Å²) in [6.45, 7) is 9.91. The van der Waals surface area contributed by atoms with Crippen LogP contribution < -0.4 is 5.73 Å². The summed E-state index contributed by atoms with van der Waals surface area (Å²) in [5.41, 5.74) is 6.36. The number of hydrogen-bond acceptors (Lipinski definition) is 8. The second-order valence-corrected chi connectivity index (χ2v) is 9.36. The topological polar surface area (TPSA) is 115 Å². The van der Waals surface area contributed by atoms with Crippen LogP contribution in [0.5, 0.6) is 0 Å². The molecule has 0 aliphatic rings. The molecule has 4 unspecified atom stereocenters. The molecule has 32 heavy (non-hydrogen) atoms. The highest BCUT2D eigenvalue weighted by Crippen LogP contribution is 2.31. The lowest BCUT2D eigenvalue weighted by molar-refractivity contribution is -0.136. The molecule has 0 aliphatic carbocycles. The molecule has 4 atom stereocenters. The van der Waals surface area contributed by atoms with E-state index in [1.807, 2.05) is 27.7 Å². The monoisotopic (exact) mass is 470 g/mol. The Morgan fingerprint density at radius 3 is 2.28 bits per heavy atom. The van der Waals surface area contributed by atoms with Gasteiger partial charge in [0.05, 0.1) is 12.6 Å². The number of esters is 1. The van der Waals surface area contributed by atoms with Crippen LogP contribution in [-0.4, -0.2) is 72.6 Å². The van der Waals surface area contributed by atoms with Crippen LogP contribution >= 0.6 is 11.3 Å². The summed E-state index contributed by atoms with van der Waals surface area (Å²) in [6.07, 6.45) is -0.148. The predicted octanol–water partition coefficient (Wildman–Crippen LogP) is 3.31. The summed E-state index contributed by atoms with van der Waals surface area (Å²) < 4.78 is 10.7. The Hall–Kier alpha value is -2.20. The van der Waals surface area contributed by atoms with Crippen molar-refractivity contribution in [3.63, 3.8) is 0 Å². The van der Waals surface area contributed by atoms with Crippen LogP contribution in [0.25, 0.3) is 0 Å². The Morgan fingerprint density at radius 2 is 1.78 bits per heavy atom. The molecule has 0 spiro atoms. The Kier molecular flexibility index (Phi) is 11.1. The van der Waals surface area contributed by atoms with Gasteiger partial charge in [-0.05, 0) is 18.8 Å². The van der Waals surface area contributed by atoms with E-state index in [0.717, 1.165) is 6.42 Å². The van der Waals surface area contributed by atoms with Gasteiger partial charge in [-0.25, -0.2) is 14.6 Å². The van der Waals surface area contributed by atoms with Crippen molar-refractivity contribution in [2.24, 2.45) is 17.6 Å². The fraction of sp³-hybridized carbons (Fsp3) is 0.727. The van der Waals surface area contributed by atoms with E-state index in [2.05, 4.69) is 4.98 Å². The highest BCUT2D eigenvalue weighted by molar-refractivity contribution is 7.09. The largest absolute Gasteiger partial charge is 0.461 e. The van der Waals surface area contributed by atoms with Gasteiger partial charge in [-0.2, -0.15) is 0 Å². The minimum Gasteiger partial charge on any atom is -0.461 e. The van der Waals surface area contributed by atoms with Crippen LogP contribution in [0.3, 0.4) is 0 Å². The van der Waals surface area contributed by atoms with Crippen LogP contribution in [0, 0.1) is 11.8 Å². The molecule has 0 bridgehead atoms. The number of carbonyl (C=O) groups excluding carboxylic acids is 3. The number of aromatic nitrogens is 1. The summed E-state index contributed by atoms with van der Waals surface area (Å²) in [5.74, 6) is -0.564. The molecule has 9 nitrogen and oxygen atoms in total. The second kappa shape index (κ2) is 12.7. The van der Waals surface area contributed by atoms with Crippen molar-refractivity contribution >= 4 is 29.3 Å². The molecule has 0 fully saturated rings. The van der Waals surface area contributed by atoms with Crippen molar-refractivity contribution in [1.82, 2.24) is 14.8 Å². The molecule has 2 N–H and O–H groups in total. The number of nitrogens with two attached hydrogens (primary N) is 1. The first-order chi connectivity index (χ1) is 14.9. The summed E-state index contributed by atoms with van der Waals surface area (Å²) in [5, 5.41) is 2.06. The number of ether oxygens (including phenoxy) is 2. The number of likely N-dealkylation sites (N-methyl/N-ethyl adjacent to an activating group) is 1. The van der Waals surface area contributed by atoms with Gasteiger partial charge in [-0.3, -0.25) is 4.79 Å². The molecule has 1 aromatic rings. The van der Waals surface area contributed by atoms with Gasteiger partial charge in [0.25, 0.3) is 0 Å². The molecular formula is C22H38N4O5S. The fourth-order valence-corrected chi connectivity index (χ4v) is 3.98. The van der Waals surface area contributed by atoms with E-state index in [4.69, 9.17) is 15.2 Å². The van der Waals surface area contributed by atoms with Gasteiger partial charge in [0.1, 0.15) is 5.01 Å². The number of amides is 2. The molecule has 0 saturated carbocycles. The average Bonchev–Trinajstić information content (AvgIpc) is 3.24. The van der Waals surface area contributed by atoms with E-state index in [1.165, 1.54) is 16.2 Å². The van der Waals surface area contributed by atoms with Crippen LogP contribution in [-0.2, 0) is 14.3 Å². The standard InChI is InChI=1S/C22H38N4O5S/c1-9-14(5)18(23)20(27)26(8)16(13(3)4)11-17(31-22(29)25(6)7)19-24-15(12-32-19)21(28)30-10-2/h12-14,16-18H,9-11,23H2,1-8H3. The van der Waals surface area contributed by atoms with Gasteiger partial charge in [-0.15, -0.1) is 11.3 Å². The quantitative estimate of drug-likeness (QED) is 0.493. The minimum absolute atomic E-state index is 0.0474. The zero-order valence-electron chi connectivity index (χ0n) is 20.5. The third-order valence-corrected chi connectivity index (χ3v) is 6.44. The minimum atomic E-state index is -0.736. The van der Waals surface area contributed by atoms with E-state index in [-0.39, 0.29) is 36.1 Å². The molecule has 0 saturated heterocycles. The maximum atomic E-state index is 13.0. The van der Waals surface area contributed by atoms with Crippen molar-refractivity contribution in [1.29, 1.82) is 0 Å². The SMILES string of the molecule is CCOC(=O)c1csc(C(CC(C(C)C)N(C)C(=O)C(N)C(C)CC)OC(=O)N(C)C)n1. The van der Waals surface area contributed by atoms with E-state index >= 15 is 0 Å². The second-order valence-electron chi connectivity index (χ2n) is 8.47. The van der Waals surface area contributed by atoms with Crippen LogP contribution in [0.4, 0.5) is 4.79 Å². The highest BCUT2D eigenvalue weighted by Gasteiger charge is 2.34. The number of carbonyl (C=O) groups is 3. The number of nitrogens with zero attached hydrogens (tertiary/aromatic N) is 3. The van der Waals surface area contributed by atoms with Gasteiger partial charge >= 0.3 is 12.1 Å². The first kappa shape index (κ1) is 27.8. The van der Waals surface area contributed by atoms with Gasteiger partial charge < -0.3 is 25.0 Å². The maximum Gasteiger partial charge on any atom is 0.409 e. The number of hydrogen-bond donors (Lipinski definition) is 1. The molecule has 2 amide bonds. The Morgan fingerprint density at radius 1 is 1.16 bits per heavy atom. The highest BCUT2D eigenvalue weighted by atomic mass is 32.1. The molecule has 1 heterocycles. The van der Waals surface area contributed by atoms with Crippen molar-refractivity contribution in [3.05, 3.63) is 16.1 Å². The van der Waals surface area contributed by atoms with Gasteiger partial charge in [-0.1, -0.05) is 34.1 Å². The smallest absolute Gasteiger partial charge is 0.409 e. The molecule has 0 radical (unpaired) electrons. The van der Waals surface area contributed by atoms with E-state index < -0.39 is 24.2 Å². The molecule has 182 valence electrons. The predicted molar refractivity (Wildman–Crippen MR) is 124 cm³/mol. The first-order valence-corrected chi connectivity index (χ1v) is 11.8. The van der Waals surface area contributed by atoms with Crippen LogP contribution in [0.15, 0.2) is 5.38 Å². The summed E-state index contributed by atoms with van der Waals surface area (Å²) in [7, 11) is 4.91. The summed E-state index contributed by atoms with van der Waals surface area (Å²) in [6, 6.07) is -0.864. The van der Waals surface area contributed by atoms with Gasteiger partial charge in [0.2, 0.25) is 5.91 Å². The third kappa shape index (κ3) is 7.44. The third-order valence-electron chi connectivity index (χ3n) is 5.50. The van der Waals surface area contributed by atoms with Gasteiger partial charge in [0, 0.05) is 39.0 Å². The number of rotatable bonds is 11. The van der Waals surface area contributed by atoms with E-state index in [9.17, 15) is 14.4 Å². The summed E-state index contributed by atoms with van der Waals surface area (Å²) >= 11 is 1.22. The summed E-state index contributed by atoms with van der Waals surface area (Å²) in [4.78, 5) is 44.7. The molecule has 1 rings (SSSR count). The zero-order chi connectivity index (χ0) is 24.6. The van der Waals surface area contributed by atoms with Crippen molar-refractivity contribution in [2.75, 3.05) is 27.7 Å². The Labute approximate surface area is 195 Å². The molecule has 1 aromatic heterocycles. The van der Waals surface area contributed by atoms with E-state index in [0.29, 0.717) is 11.4 Å². The van der Waals surface area contributed by atoms with Crippen molar-refractivity contribution < 1.29 is 23.9 Å². The number of thiazole rings is 1. The van der Waals surface area contributed by atoms with Crippen molar-refractivity contribution in [3.8, 4) is 0 Å².